The molecule has 1 nitrogen and oxygen atoms in total. The number of halogens is 3. The van der Waals surface area contributed by atoms with Crippen LogP contribution in [0.15, 0.2) is 18.2 Å². The van der Waals surface area contributed by atoms with Gasteiger partial charge in [-0.1, -0.05) is 24.4 Å². The smallest absolute Gasteiger partial charge is 0.123 e. The molecule has 0 amide bonds. The molecule has 0 radical (unpaired) electrons. The molecule has 0 heterocycles. The van der Waals surface area contributed by atoms with E-state index >= 15 is 0 Å². The van der Waals surface area contributed by atoms with E-state index in [1.807, 2.05) is 0 Å². The minimum Gasteiger partial charge on any atom is -0.324 e. The van der Waals surface area contributed by atoms with Crippen molar-refractivity contribution in [2.24, 2.45) is 11.7 Å². The molecule has 1 atom stereocenters. The van der Waals surface area contributed by atoms with Crippen LogP contribution in [0.25, 0.3) is 0 Å². The molecule has 1 aromatic carbocycles. The van der Waals surface area contributed by atoms with Crippen molar-refractivity contribution in [2.45, 2.75) is 31.7 Å². The number of nitrogens with two attached hydrogens (primary N) is 1. The third kappa shape index (κ3) is 2.88. The SMILES string of the molecule is Cl.N[C@@H](c1cc(F)ccc1Cl)C1CCCC1. The van der Waals surface area contributed by atoms with Gasteiger partial charge in [0.05, 0.1) is 0 Å². The van der Waals surface area contributed by atoms with E-state index in [-0.39, 0.29) is 24.3 Å². The van der Waals surface area contributed by atoms with Gasteiger partial charge in [0.15, 0.2) is 0 Å². The van der Waals surface area contributed by atoms with Crippen molar-refractivity contribution in [3.63, 3.8) is 0 Å². The molecule has 1 aromatic rings. The highest BCUT2D eigenvalue weighted by Crippen LogP contribution is 2.36. The Balaban J connectivity index is 0.00000128. The van der Waals surface area contributed by atoms with Crippen molar-refractivity contribution >= 4 is 24.0 Å². The lowest BCUT2D eigenvalue weighted by molar-refractivity contribution is 0.443. The molecule has 1 saturated carbocycles. The molecule has 0 spiro atoms. The van der Waals surface area contributed by atoms with Crippen LogP contribution in [0, 0.1) is 11.7 Å². The van der Waals surface area contributed by atoms with Gasteiger partial charge in [0, 0.05) is 11.1 Å². The van der Waals surface area contributed by atoms with Crippen molar-refractivity contribution in [1.82, 2.24) is 0 Å². The molecule has 2 rings (SSSR count). The summed E-state index contributed by atoms with van der Waals surface area (Å²) in [6.45, 7) is 0. The summed E-state index contributed by atoms with van der Waals surface area (Å²) in [5, 5.41) is 0.579. The number of hydrogen-bond donors (Lipinski definition) is 1. The lowest BCUT2D eigenvalue weighted by atomic mass is 9.92. The van der Waals surface area contributed by atoms with E-state index in [9.17, 15) is 4.39 Å². The first kappa shape index (κ1) is 13.8. The van der Waals surface area contributed by atoms with Crippen LogP contribution in [0.1, 0.15) is 37.3 Å². The third-order valence-corrected chi connectivity index (χ3v) is 3.57. The number of benzene rings is 1. The molecular weight excluding hydrogens is 248 g/mol. The van der Waals surface area contributed by atoms with Crippen LogP contribution in [0.3, 0.4) is 0 Å². The minimum absolute atomic E-state index is 0. The van der Waals surface area contributed by atoms with Crippen LogP contribution < -0.4 is 5.73 Å². The first-order chi connectivity index (χ1) is 7.18. The Kier molecular flexibility index (Phi) is 5.03. The van der Waals surface area contributed by atoms with Crippen LogP contribution in [-0.4, -0.2) is 0 Å². The molecule has 1 aliphatic rings. The minimum atomic E-state index is -0.261. The van der Waals surface area contributed by atoms with Gasteiger partial charge in [-0.05, 0) is 42.5 Å². The second-order valence-corrected chi connectivity index (χ2v) is 4.64. The standard InChI is InChI=1S/C12H15ClFN.ClH/c13-11-6-5-9(14)7-10(11)12(15)8-3-1-2-4-8;/h5-8,12H,1-4,15H2;1H/t12-;/m1./s1. The maximum atomic E-state index is 13.1. The third-order valence-electron chi connectivity index (χ3n) is 3.22. The fourth-order valence-corrected chi connectivity index (χ4v) is 2.58. The summed E-state index contributed by atoms with van der Waals surface area (Å²) in [6.07, 6.45) is 4.72. The lowest BCUT2D eigenvalue weighted by Gasteiger charge is -2.20. The molecule has 1 fully saturated rings. The van der Waals surface area contributed by atoms with E-state index in [0.29, 0.717) is 10.9 Å². The van der Waals surface area contributed by atoms with E-state index in [0.717, 1.165) is 18.4 Å². The van der Waals surface area contributed by atoms with Crippen molar-refractivity contribution < 1.29 is 4.39 Å². The van der Waals surface area contributed by atoms with Crippen molar-refractivity contribution in [1.29, 1.82) is 0 Å². The van der Waals surface area contributed by atoms with Crippen LogP contribution in [0.5, 0.6) is 0 Å². The quantitative estimate of drug-likeness (QED) is 0.855. The number of rotatable bonds is 2. The first-order valence-electron chi connectivity index (χ1n) is 5.39. The Morgan fingerprint density at radius 3 is 2.56 bits per heavy atom. The molecular formula is C12H16Cl2FN. The Morgan fingerprint density at radius 2 is 1.94 bits per heavy atom. The van der Waals surface area contributed by atoms with Gasteiger partial charge in [0.2, 0.25) is 0 Å². The van der Waals surface area contributed by atoms with E-state index in [1.165, 1.54) is 25.0 Å². The molecule has 2 N–H and O–H groups in total. The van der Waals surface area contributed by atoms with Gasteiger partial charge in [-0.25, -0.2) is 4.39 Å². The highest BCUT2D eigenvalue weighted by Gasteiger charge is 2.24. The van der Waals surface area contributed by atoms with Crippen LogP contribution in [0.4, 0.5) is 4.39 Å². The van der Waals surface area contributed by atoms with Gasteiger partial charge in [-0.3, -0.25) is 0 Å². The van der Waals surface area contributed by atoms with Crippen molar-refractivity contribution in [3.05, 3.63) is 34.6 Å². The van der Waals surface area contributed by atoms with Crippen LogP contribution in [-0.2, 0) is 0 Å². The summed E-state index contributed by atoms with van der Waals surface area (Å²) in [5.41, 5.74) is 6.87. The van der Waals surface area contributed by atoms with E-state index < -0.39 is 0 Å². The second kappa shape index (κ2) is 5.85. The normalized spacial score (nSPS) is 18.2. The maximum absolute atomic E-state index is 13.1. The predicted octanol–water partition coefficient (Wildman–Crippen LogP) is 4.09. The predicted molar refractivity (Wildman–Crippen MR) is 67.5 cm³/mol. The average molecular weight is 264 g/mol. The molecule has 0 saturated heterocycles. The Hall–Kier alpha value is -0.310. The Bertz CT molecular complexity index is 351. The molecule has 0 aliphatic heterocycles. The van der Waals surface area contributed by atoms with Gasteiger partial charge in [0.25, 0.3) is 0 Å². The van der Waals surface area contributed by atoms with Gasteiger partial charge < -0.3 is 5.73 Å². The Labute approximate surface area is 107 Å². The highest BCUT2D eigenvalue weighted by atomic mass is 35.5. The first-order valence-corrected chi connectivity index (χ1v) is 5.77. The number of hydrogen-bond acceptors (Lipinski definition) is 1. The zero-order valence-electron chi connectivity index (χ0n) is 8.96. The lowest BCUT2D eigenvalue weighted by Crippen LogP contribution is -2.19. The maximum Gasteiger partial charge on any atom is 0.123 e. The summed E-state index contributed by atoms with van der Waals surface area (Å²) >= 11 is 6.02. The summed E-state index contributed by atoms with van der Waals surface area (Å²) < 4.78 is 13.1. The molecule has 0 aromatic heterocycles. The summed E-state index contributed by atoms with van der Waals surface area (Å²) in [4.78, 5) is 0. The monoisotopic (exact) mass is 263 g/mol. The van der Waals surface area contributed by atoms with E-state index in [1.54, 1.807) is 6.07 Å². The Morgan fingerprint density at radius 1 is 1.31 bits per heavy atom. The molecule has 1 aliphatic carbocycles. The van der Waals surface area contributed by atoms with Gasteiger partial charge in [-0.15, -0.1) is 12.4 Å². The molecule has 90 valence electrons. The fraction of sp³-hybridized carbons (Fsp3) is 0.500. The summed E-state index contributed by atoms with van der Waals surface area (Å²) in [7, 11) is 0. The average Bonchev–Trinajstić information content (AvgIpc) is 2.74. The molecule has 0 unspecified atom stereocenters. The van der Waals surface area contributed by atoms with Gasteiger partial charge in [-0.2, -0.15) is 0 Å². The summed E-state index contributed by atoms with van der Waals surface area (Å²) in [6, 6.07) is 4.30. The van der Waals surface area contributed by atoms with Crippen molar-refractivity contribution in [2.75, 3.05) is 0 Å². The molecule has 4 heteroatoms. The topological polar surface area (TPSA) is 26.0 Å². The zero-order chi connectivity index (χ0) is 10.8. The summed E-state index contributed by atoms with van der Waals surface area (Å²) in [5.74, 6) is 0.201. The zero-order valence-corrected chi connectivity index (χ0v) is 10.5. The fourth-order valence-electron chi connectivity index (χ4n) is 2.34. The largest absolute Gasteiger partial charge is 0.324 e. The van der Waals surface area contributed by atoms with Crippen LogP contribution in [0.2, 0.25) is 5.02 Å². The highest BCUT2D eigenvalue weighted by molar-refractivity contribution is 6.31. The van der Waals surface area contributed by atoms with E-state index in [2.05, 4.69) is 0 Å². The molecule has 0 bridgehead atoms. The second-order valence-electron chi connectivity index (χ2n) is 4.24. The van der Waals surface area contributed by atoms with E-state index in [4.69, 9.17) is 17.3 Å². The van der Waals surface area contributed by atoms with Crippen LogP contribution >= 0.6 is 24.0 Å². The van der Waals surface area contributed by atoms with Gasteiger partial charge >= 0.3 is 0 Å². The van der Waals surface area contributed by atoms with Crippen molar-refractivity contribution in [3.8, 4) is 0 Å². The molecule has 16 heavy (non-hydrogen) atoms. The van der Waals surface area contributed by atoms with Gasteiger partial charge in [0.1, 0.15) is 5.82 Å².